The van der Waals surface area contributed by atoms with E-state index in [1.165, 1.54) is 6.20 Å². The number of aromatic carboxylic acids is 1. The van der Waals surface area contributed by atoms with Crippen LogP contribution in [0.3, 0.4) is 0 Å². The number of benzene rings is 1. The van der Waals surface area contributed by atoms with Crippen LogP contribution >= 0.6 is 0 Å². The van der Waals surface area contributed by atoms with E-state index >= 15 is 0 Å². The van der Waals surface area contributed by atoms with Crippen LogP contribution in [0.2, 0.25) is 0 Å². The molecule has 5 nitrogen and oxygen atoms in total. The highest BCUT2D eigenvalue weighted by Crippen LogP contribution is 2.37. The average molecular weight is 268 g/mol. The standard InChI is InChI=1S/C15H12N2O3/c18-13-10(15(19)20)7-17(8-5-6-8)14-12(13)9-3-1-2-4-11(9)16-14/h1-4,7-8,16H,5-6H2,(H,19,20). The molecule has 1 saturated carbocycles. The zero-order valence-corrected chi connectivity index (χ0v) is 10.6. The molecule has 20 heavy (non-hydrogen) atoms. The molecule has 0 saturated heterocycles. The van der Waals surface area contributed by atoms with Gasteiger partial charge in [-0.1, -0.05) is 18.2 Å². The van der Waals surface area contributed by atoms with Crippen LogP contribution < -0.4 is 5.43 Å². The van der Waals surface area contributed by atoms with Gasteiger partial charge in [-0.2, -0.15) is 0 Å². The molecule has 0 unspecified atom stereocenters. The number of rotatable bonds is 2. The Labute approximate surface area is 113 Å². The molecule has 1 aromatic carbocycles. The minimum atomic E-state index is -1.17. The molecule has 2 N–H and O–H groups in total. The van der Waals surface area contributed by atoms with Gasteiger partial charge in [0.15, 0.2) is 0 Å². The topological polar surface area (TPSA) is 75.1 Å². The lowest BCUT2D eigenvalue weighted by atomic mass is 10.1. The maximum atomic E-state index is 12.4. The Balaban J connectivity index is 2.24. The lowest BCUT2D eigenvalue weighted by Gasteiger charge is -2.07. The lowest BCUT2D eigenvalue weighted by Crippen LogP contribution is -2.18. The van der Waals surface area contributed by atoms with Gasteiger partial charge in [-0.3, -0.25) is 4.79 Å². The fourth-order valence-electron chi connectivity index (χ4n) is 2.74. The zero-order valence-electron chi connectivity index (χ0n) is 10.6. The first-order valence-corrected chi connectivity index (χ1v) is 6.55. The Morgan fingerprint density at radius 3 is 2.75 bits per heavy atom. The third-order valence-electron chi connectivity index (χ3n) is 3.86. The van der Waals surface area contributed by atoms with Crippen molar-refractivity contribution in [1.82, 2.24) is 9.55 Å². The molecule has 0 bridgehead atoms. The minimum Gasteiger partial charge on any atom is -0.477 e. The lowest BCUT2D eigenvalue weighted by molar-refractivity contribution is 0.0695. The number of para-hydroxylation sites is 1. The average Bonchev–Trinajstić information content (AvgIpc) is 3.18. The van der Waals surface area contributed by atoms with E-state index in [1.54, 1.807) is 0 Å². The first-order chi connectivity index (χ1) is 9.66. The number of hydrogen-bond donors (Lipinski definition) is 2. The number of aromatic nitrogens is 2. The minimum absolute atomic E-state index is 0.158. The van der Waals surface area contributed by atoms with E-state index < -0.39 is 11.4 Å². The smallest absolute Gasteiger partial charge is 0.341 e. The summed E-state index contributed by atoms with van der Waals surface area (Å²) < 4.78 is 1.90. The van der Waals surface area contributed by atoms with E-state index in [1.807, 2.05) is 28.8 Å². The van der Waals surface area contributed by atoms with Crippen molar-refractivity contribution in [3.05, 3.63) is 46.2 Å². The van der Waals surface area contributed by atoms with Crippen LogP contribution in [0.25, 0.3) is 21.9 Å². The highest BCUT2D eigenvalue weighted by molar-refractivity contribution is 6.07. The summed E-state index contributed by atoms with van der Waals surface area (Å²) in [5, 5.41) is 10.5. The molecular formula is C15H12N2O3. The number of carbonyl (C=O) groups is 1. The van der Waals surface area contributed by atoms with Gasteiger partial charge in [-0.25, -0.2) is 4.79 Å². The summed E-state index contributed by atoms with van der Waals surface area (Å²) >= 11 is 0. The predicted octanol–water partition coefficient (Wildman–Crippen LogP) is 2.52. The van der Waals surface area contributed by atoms with Crippen molar-refractivity contribution >= 4 is 27.9 Å². The van der Waals surface area contributed by atoms with Gasteiger partial charge in [0, 0.05) is 23.1 Å². The van der Waals surface area contributed by atoms with Crippen LogP contribution in [0.15, 0.2) is 35.3 Å². The first kappa shape index (κ1) is 11.3. The quantitative estimate of drug-likeness (QED) is 0.749. The van der Waals surface area contributed by atoms with Crippen molar-refractivity contribution in [3.8, 4) is 0 Å². The summed E-state index contributed by atoms with van der Waals surface area (Å²) in [6.07, 6.45) is 3.51. The van der Waals surface area contributed by atoms with Gasteiger partial charge < -0.3 is 14.7 Å². The Morgan fingerprint density at radius 2 is 2.05 bits per heavy atom. The maximum absolute atomic E-state index is 12.4. The fraction of sp³-hybridized carbons (Fsp3) is 0.200. The number of aromatic amines is 1. The summed E-state index contributed by atoms with van der Waals surface area (Å²) in [7, 11) is 0. The molecule has 1 aliphatic rings. The molecule has 1 fully saturated rings. The van der Waals surface area contributed by atoms with E-state index in [9.17, 15) is 14.7 Å². The summed E-state index contributed by atoms with van der Waals surface area (Å²) in [4.78, 5) is 27.0. The zero-order chi connectivity index (χ0) is 13.9. The highest BCUT2D eigenvalue weighted by atomic mass is 16.4. The molecule has 0 aliphatic heterocycles. The third-order valence-corrected chi connectivity index (χ3v) is 3.86. The number of carboxylic acids is 1. The molecular weight excluding hydrogens is 256 g/mol. The number of nitrogens with one attached hydrogen (secondary N) is 1. The highest BCUT2D eigenvalue weighted by Gasteiger charge is 2.28. The van der Waals surface area contributed by atoms with Crippen LogP contribution in [0.5, 0.6) is 0 Å². The molecule has 2 aromatic heterocycles. The number of carboxylic acid groups (broad SMARTS) is 1. The molecule has 0 radical (unpaired) electrons. The van der Waals surface area contributed by atoms with E-state index in [0.29, 0.717) is 11.4 Å². The first-order valence-electron chi connectivity index (χ1n) is 6.55. The van der Waals surface area contributed by atoms with Gasteiger partial charge in [0.25, 0.3) is 0 Å². The fourth-order valence-corrected chi connectivity index (χ4v) is 2.74. The van der Waals surface area contributed by atoms with Gasteiger partial charge >= 0.3 is 5.97 Å². The molecule has 3 aromatic rings. The molecule has 5 heteroatoms. The van der Waals surface area contributed by atoms with Gasteiger partial charge in [0.05, 0.1) is 5.39 Å². The summed E-state index contributed by atoms with van der Waals surface area (Å²) in [6, 6.07) is 7.78. The van der Waals surface area contributed by atoms with Crippen LogP contribution in [-0.4, -0.2) is 20.6 Å². The second-order valence-corrected chi connectivity index (χ2v) is 5.21. The normalized spacial score (nSPS) is 15.0. The Bertz CT molecular complexity index is 916. The summed E-state index contributed by atoms with van der Waals surface area (Å²) in [5.74, 6) is -1.17. The van der Waals surface area contributed by atoms with Gasteiger partial charge in [0.1, 0.15) is 11.2 Å². The molecule has 4 rings (SSSR count). The Kier molecular flexibility index (Phi) is 2.10. The molecule has 100 valence electrons. The second kappa shape index (κ2) is 3.72. The molecule has 2 heterocycles. The predicted molar refractivity (Wildman–Crippen MR) is 75.3 cm³/mol. The van der Waals surface area contributed by atoms with Crippen molar-refractivity contribution < 1.29 is 9.90 Å². The molecule has 1 aliphatic carbocycles. The van der Waals surface area contributed by atoms with Gasteiger partial charge in [-0.15, -0.1) is 0 Å². The van der Waals surface area contributed by atoms with Gasteiger partial charge in [-0.05, 0) is 18.9 Å². The summed E-state index contributed by atoms with van der Waals surface area (Å²) in [5.41, 5.74) is 1.01. The molecule has 0 atom stereocenters. The van der Waals surface area contributed by atoms with E-state index in [4.69, 9.17) is 0 Å². The number of hydrogen-bond acceptors (Lipinski definition) is 2. The van der Waals surface area contributed by atoms with Gasteiger partial charge in [0.2, 0.25) is 5.43 Å². The van der Waals surface area contributed by atoms with Crippen LogP contribution in [0.4, 0.5) is 0 Å². The van der Waals surface area contributed by atoms with Crippen molar-refractivity contribution in [2.75, 3.05) is 0 Å². The SMILES string of the molecule is O=C(O)c1cn(C2CC2)c2[nH]c3ccccc3c2c1=O. The third kappa shape index (κ3) is 1.43. The van der Waals surface area contributed by atoms with Crippen LogP contribution in [0.1, 0.15) is 29.2 Å². The van der Waals surface area contributed by atoms with Crippen molar-refractivity contribution in [1.29, 1.82) is 0 Å². The van der Waals surface area contributed by atoms with Crippen molar-refractivity contribution in [2.45, 2.75) is 18.9 Å². The van der Waals surface area contributed by atoms with Crippen molar-refractivity contribution in [3.63, 3.8) is 0 Å². The van der Waals surface area contributed by atoms with E-state index in [-0.39, 0.29) is 5.56 Å². The largest absolute Gasteiger partial charge is 0.477 e. The summed E-state index contributed by atoms with van der Waals surface area (Å²) in [6.45, 7) is 0. The van der Waals surface area contributed by atoms with E-state index in [2.05, 4.69) is 4.98 Å². The van der Waals surface area contributed by atoms with Crippen LogP contribution in [-0.2, 0) is 0 Å². The van der Waals surface area contributed by atoms with Crippen molar-refractivity contribution in [2.24, 2.45) is 0 Å². The number of nitrogens with zero attached hydrogens (tertiary/aromatic N) is 1. The monoisotopic (exact) mass is 268 g/mol. The number of pyridine rings is 1. The van der Waals surface area contributed by atoms with Crippen LogP contribution in [0, 0.1) is 0 Å². The maximum Gasteiger partial charge on any atom is 0.341 e. The number of H-pyrrole nitrogens is 1. The van der Waals surface area contributed by atoms with E-state index in [0.717, 1.165) is 29.4 Å². The Hall–Kier alpha value is -2.56. The Morgan fingerprint density at radius 1 is 1.30 bits per heavy atom. The molecule has 0 amide bonds. The number of fused-ring (bicyclic) bond motifs is 3. The second-order valence-electron chi connectivity index (χ2n) is 5.21. The molecule has 0 spiro atoms.